The number of carbonyl (C=O) groups is 2. The lowest BCUT2D eigenvalue weighted by Crippen LogP contribution is -2.21. The number of amides is 1. The van der Waals surface area contributed by atoms with Gasteiger partial charge in [0.2, 0.25) is 0 Å². The smallest absolute Gasteiger partial charge is 0.337 e. The highest BCUT2D eigenvalue weighted by molar-refractivity contribution is 14.1. The average Bonchev–Trinajstić information content (AvgIpc) is 2.92. The molecule has 28 heavy (non-hydrogen) atoms. The van der Waals surface area contributed by atoms with Crippen molar-refractivity contribution in [2.75, 3.05) is 12.1 Å². The van der Waals surface area contributed by atoms with E-state index in [9.17, 15) is 19.8 Å². The molecule has 1 aliphatic rings. The SMILES string of the molecule is COc1cc(/C=C2/C(=O)N(c3ccc(Cl)c(C(=O)O)c3)N=C2C)cc(I)c1O. The van der Waals surface area contributed by atoms with Crippen molar-refractivity contribution in [2.24, 2.45) is 5.10 Å². The minimum Gasteiger partial charge on any atom is -0.504 e. The van der Waals surface area contributed by atoms with E-state index in [1.807, 2.05) is 22.6 Å². The van der Waals surface area contributed by atoms with Gasteiger partial charge in [0.05, 0.1) is 38.2 Å². The third-order valence-electron chi connectivity index (χ3n) is 4.07. The zero-order valence-electron chi connectivity index (χ0n) is 14.7. The molecule has 0 aromatic heterocycles. The first kappa shape index (κ1) is 20.2. The summed E-state index contributed by atoms with van der Waals surface area (Å²) in [6.07, 6.45) is 1.64. The number of aromatic hydroxyl groups is 1. The van der Waals surface area contributed by atoms with Gasteiger partial charge in [0.1, 0.15) is 0 Å². The number of carbonyl (C=O) groups excluding carboxylic acids is 1. The molecular weight excluding hydrogens is 499 g/mol. The van der Waals surface area contributed by atoms with E-state index in [0.717, 1.165) is 5.01 Å². The number of halogens is 2. The highest BCUT2D eigenvalue weighted by Crippen LogP contribution is 2.34. The van der Waals surface area contributed by atoms with Gasteiger partial charge in [-0.2, -0.15) is 10.1 Å². The fourth-order valence-electron chi connectivity index (χ4n) is 2.67. The maximum absolute atomic E-state index is 12.9. The molecule has 0 fully saturated rings. The van der Waals surface area contributed by atoms with Crippen molar-refractivity contribution in [3.63, 3.8) is 0 Å². The lowest BCUT2D eigenvalue weighted by atomic mass is 10.1. The number of nitrogens with zero attached hydrogens (tertiary/aromatic N) is 2. The Bertz CT molecular complexity index is 1060. The minimum atomic E-state index is -1.19. The Morgan fingerprint density at radius 2 is 2.04 bits per heavy atom. The number of methoxy groups -OCH3 is 1. The third-order valence-corrected chi connectivity index (χ3v) is 5.22. The van der Waals surface area contributed by atoms with Crippen molar-refractivity contribution in [3.8, 4) is 11.5 Å². The van der Waals surface area contributed by atoms with Crippen LogP contribution < -0.4 is 9.75 Å². The van der Waals surface area contributed by atoms with Crippen LogP contribution in [0.1, 0.15) is 22.8 Å². The number of hydrogen-bond acceptors (Lipinski definition) is 5. The van der Waals surface area contributed by atoms with Crippen LogP contribution in [0.3, 0.4) is 0 Å². The van der Waals surface area contributed by atoms with Crippen LogP contribution in [0.5, 0.6) is 11.5 Å². The molecule has 9 heteroatoms. The number of phenols is 1. The molecule has 2 aromatic carbocycles. The van der Waals surface area contributed by atoms with E-state index in [4.69, 9.17) is 16.3 Å². The molecule has 0 radical (unpaired) electrons. The minimum absolute atomic E-state index is 0.0254. The topological polar surface area (TPSA) is 99.4 Å². The van der Waals surface area contributed by atoms with Gasteiger partial charge in [-0.1, -0.05) is 11.6 Å². The zero-order chi connectivity index (χ0) is 20.6. The standard InChI is InChI=1S/C19H14ClIN2O5/c1-9-12(5-10-6-15(21)17(24)16(7-10)28-2)18(25)23(22-9)11-3-4-14(20)13(8-11)19(26)27/h3-8,24H,1-2H3,(H,26,27)/b12-5+. The van der Waals surface area contributed by atoms with Crippen molar-refractivity contribution < 1.29 is 24.5 Å². The lowest BCUT2D eigenvalue weighted by Gasteiger charge is -2.13. The number of rotatable bonds is 4. The number of phenolic OH excluding ortho intramolecular Hbond substituents is 1. The summed E-state index contributed by atoms with van der Waals surface area (Å²) in [5, 5.41) is 24.6. The van der Waals surface area contributed by atoms with E-state index in [-0.39, 0.29) is 16.3 Å². The highest BCUT2D eigenvalue weighted by Gasteiger charge is 2.29. The van der Waals surface area contributed by atoms with E-state index in [0.29, 0.717) is 31.9 Å². The normalized spacial score (nSPS) is 15.1. The monoisotopic (exact) mass is 512 g/mol. The van der Waals surface area contributed by atoms with Crippen molar-refractivity contribution in [1.29, 1.82) is 0 Å². The molecule has 0 atom stereocenters. The van der Waals surface area contributed by atoms with Crippen LogP contribution in [0.4, 0.5) is 5.69 Å². The molecule has 0 aliphatic carbocycles. The molecule has 144 valence electrons. The van der Waals surface area contributed by atoms with Gasteiger partial charge in [0.25, 0.3) is 5.91 Å². The van der Waals surface area contributed by atoms with Crippen LogP contribution in [0.15, 0.2) is 41.0 Å². The Hall–Kier alpha value is -2.59. The third kappa shape index (κ3) is 3.69. The number of carboxylic acid groups (broad SMARTS) is 1. The number of benzene rings is 2. The van der Waals surface area contributed by atoms with E-state index < -0.39 is 11.9 Å². The van der Waals surface area contributed by atoms with Crippen LogP contribution in [-0.4, -0.2) is 34.9 Å². The van der Waals surface area contributed by atoms with E-state index in [2.05, 4.69) is 5.10 Å². The van der Waals surface area contributed by atoms with Crippen LogP contribution in [0, 0.1) is 3.57 Å². The second-order valence-corrected chi connectivity index (χ2v) is 7.45. The maximum atomic E-state index is 12.9. The number of anilines is 1. The molecule has 0 spiro atoms. The Labute approximate surface area is 179 Å². The van der Waals surface area contributed by atoms with E-state index in [1.165, 1.54) is 25.3 Å². The molecule has 0 unspecified atom stereocenters. The molecule has 7 nitrogen and oxygen atoms in total. The van der Waals surface area contributed by atoms with Gasteiger partial charge < -0.3 is 14.9 Å². The summed E-state index contributed by atoms with van der Waals surface area (Å²) in [4.78, 5) is 24.2. The molecule has 0 saturated carbocycles. The molecule has 1 aliphatic heterocycles. The van der Waals surface area contributed by atoms with Gasteiger partial charge in [-0.05, 0) is 71.5 Å². The van der Waals surface area contributed by atoms with Crippen molar-refractivity contribution in [1.82, 2.24) is 0 Å². The lowest BCUT2D eigenvalue weighted by molar-refractivity contribution is -0.114. The highest BCUT2D eigenvalue weighted by atomic mass is 127. The number of hydrogen-bond donors (Lipinski definition) is 2. The number of ether oxygens (including phenoxy) is 1. The molecule has 3 rings (SSSR count). The molecule has 2 N–H and O–H groups in total. The van der Waals surface area contributed by atoms with Crippen molar-refractivity contribution in [3.05, 3.63) is 55.6 Å². The summed E-state index contributed by atoms with van der Waals surface area (Å²) in [6, 6.07) is 7.55. The predicted octanol–water partition coefficient (Wildman–Crippen LogP) is 4.16. The molecular formula is C19H14ClIN2O5. The van der Waals surface area contributed by atoms with Gasteiger partial charge >= 0.3 is 5.97 Å². The quantitative estimate of drug-likeness (QED) is 0.473. The van der Waals surface area contributed by atoms with Gasteiger partial charge in [-0.25, -0.2) is 4.79 Å². The Kier molecular flexibility index (Phi) is 5.61. The van der Waals surface area contributed by atoms with Crippen LogP contribution in [0.25, 0.3) is 6.08 Å². The molecule has 0 saturated heterocycles. The first-order valence-electron chi connectivity index (χ1n) is 7.94. The first-order valence-corrected chi connectivity index (χ1v) is 9.39. The summed E-state index contributed by atoms with van der Waals surface area (Å²) >= 11 is 7.86. The number of carboxylic acids is 1. The van der Waals surface area contributed by atoms with Gasteiger partial charge in [-0.3, -0.25) is 4.79 Å². The fraction of sp³-hybridized carbons (Fsp3) is 0.105. The second kappa shape index (κ2) is 7.80. The second-order valence-electron chi connectivity index (χ2n) is 5.88. The summed E-state index contributed by atoms with van der Waals surface area (Å²) in [5.41, 5.74) is 1.65. The van der Waals surface area contributed by atoms with E-state index in [1.54, 1.807) is 25.1 Å². The largest absolute Gasteiger partial charge is 0.504 e. The van der Waals surface area contributed by atoms with Crippen LogP contribution in [-0.2, 0) is 4.79 Å². The van der Waals surface area contributed by atoms with Crippen LogP contribution in [0.2, 0.25) is 5.02 Å². The van der Waals surface area contributed by atoms with Gasteiger partial charge in [0, 0.05) is 0 Å². The van der Waals surface area contributed by atoms with Gasteiger partial charge in [0.15, 0.2) is 11.5 Å². The molecule has 1 heterocycles. The Balaban J connectivity index is 2.00. The molecule has 1 amide bonds. The fourth-order valence-corrected chi connectivity index (χ4v) is 3.49. The summed E-state index contributed by atoms with van der Waals surface area (Å²) in [7, 11) is 1.44. The van der Waals surface area contributed by atoms with E-state index >= 15 is 0 Å². The molecule has 2 aromatic rings. The average molecular weight is 513 g/mol. The first-order chi connectivity index (χ1) is 13.2. The maximum Gasteiger partial charge on any atom is 0.337 e. The molecule has 0 bridgehead atoms. The van der Waals surface area contributed by atoms with Crippen molar-refractivity contribution >= 4 is 63.5 Å². The zero-order valence-corrected chi connectivity index (χ0v) is 17.6. The number of hydrazone groups is 1. The van der Waals surface area contributed by atoms with Gasteiger partial charge in [-0.15, -0.1) is 0 Å². The predicted molar refractivity (Wildman–Crippen MR) is 114 cm³/mol. The summed E-state index contributed by atoms with van der Waals surface area (Å²) < 4.78 is 5.72. The Morgan fingerprint density at radius 3 is 2.68 bits per heavy atom. The summed E-state index contributed by atoms with van der Waals surface area (Å²) in [6.45, 7) is 1.68. The summed E-state index contributed by atoms with van der Waals surface area (Å²) in [5.74, 6) is -1.28. The number of aromatic carboxylic acids is 1. The van der Waals surface area contributed by atoms with Crippen LogP contribution >= 0.6 is 34.2 Å². The van der Waals surface area contributed by atoms with Crippen molar-refractivity contribution in [2.45, 2.75) is 6.92 Å². The Morgan fingerprint density at radius 1 is 1.32 bits per heavy atom.